The maximum atomic E-state index is 14.3. The van der Waals surface area contributed by atoms with Crippen LogP contribution in [-0.4, -0.2) is 25.9 Å². The van der Waals surface area contributed by atoms with E-state index in [2.05, 4.69) is 6.58 Å². The molecule has 1 saturated heterocycles. The van der Waals surface area contributed by atoms with Crippen molar-refractivity contribution in [3.63, 3.8) is 0 Å². The Morgan fingerprint density at radius 1 is 1.00 bits per heavy atom. The minimum absolute atomic E-state index is 0.0244. The highest BCUT2D eigenvalue weighted by Gasteiger charge is 2.31. The van der Waals surface area contributed by atoms with Crippen LogP contribution in [0.15, 0.2) is 24.8 Å². The summed E-state index contributed by atoms with van der Waals surface area (Å²) >= 11 is 0. The van der Waals surface area contributed by atoms with Gasteiger partial charge in [-0.25, -0.2) is 0 Å². The van der Waals surface area contributed by atoms with Gasteiger partial charge in [0.25, 0.3) is 0 Å². The van der Waals surface area contributed by atoms with Gasteiger partial charge in [-0.1, -0.05) is 19.4 Å². The maximum Gasteiger partial charge on any atom is 0.204 e. The second-order valence-electron chi connectivity index (χ2n) is 9.16. The normalized spacial score (nSPS) is 26.4. The lowest BCUT2D eigenvalue weighted by molar-refractivity contribution is -0.0602. The molecule has 1 aliphatic heterocycles. The Morgan fingerprint density at radius 3 is 2.29 bits per heavy atom. The molecule has 3 rings (SSSR count). The number of halogens is 2. The van der Waals surface area contributed by atoms with Crippen LogP contribution in [-0.2, 0) is 4.74 Å². The Kier molecular flexibility index (Phi) is 9.63. The average Bonchev–Trinajstić information content (AvgIpc) is 2.81. The highest BCUT2D eigenvalue weighted by Crippen LogP contribution is 2.37. The zero-order chi connectivity index (χ0) is 22.1. The summed E-state index contributed by atoms with van der Waals surface area (Å²) < 4.78 is 45.7. The molecule has 1 aromatic carbocycles. The van der Waals surface area contributed by atoms with Crippen LogP contribution in [0.25, 0.3) is 0 Å². The molecular formula is C26H38F2O3. The molecule has 2 aliphatic rings. The van der Waals surface area contributed by atoms with E-state index in [9.17, 15) is 8.78 Å². The van der Waals surface area contributed by atoms with E-state index in [1.807, 2.05) is 13.0 Å². The molecule has 1 saturated carbocycles. The van der Waals surface area contributed by atoms with Crippen molar-refractivity contribution < 1.29 is 23.0 Å². The molecule has 1 aromatic rings. The molecular weight excluding hydrogens is 398 g/mol. The van der Waals surface area contributed by atoms with Crippen molar-refractivity contribution in [2.45, 2.75) is 77.2 Å². The van der Waals surface area contributed by atoms with Gasteiger partial charge in [-0.05, 0) is 87.7 Å². The molecule has 174 valence electrons. The summed E-state index contributed by atoms with van der Waals surface area (Å²) in [4.78, 5) is 0. The summed E-state index contributed by atoms with van der Waals surface area (Å²) in [5.41, 5.74) is 0. The highest BCUT2D eigenvalue weighted by molar-refractivity contribution is 5.35. The minimum atomic E-state index is -0.960. The molecule has 0 N–H and O–H groups in total. The topological polar surface area (TPSA) is 27.7 Å². The van der Waals surface area contributed by atoms with Gasteiger partial charge >= 0.3 is 0 Å². The zero-order valence-corrected chi connectivity index (χ0v) is 18.9. The fraction of sp³-hybridized carbons (Fsp3) is 0.692. The van der Waals surface area contributed by atoms with Crippen LogP contribution < -0.4 is 9.47 Å². The number of hydrogen-bond acceptors (Lipinski definition) is 3. The van der Waals surface area contributed by atoms with E-state index >= 15 is 0 Å². The fourth-order valence-corrected chi connectivity index (χ4v) is 4.78. The third-order valence-corrected chi connectivity index (χ3v) is 6.84. The van der Waals surface area contributed by atoms with Crippen LogP contribution >= 0.6 is 0 Å². The van der Waals surface area contributed by atoms with Crippen LogP contribution in [0.4, 0.5) is 8.78 Å². The SMILES string of the molecule is C=CCCC1CCC(C2CCC(COc3ccc(OCCCC)c(F)c3F)CC2)OC1. The summed E-state index contributed by atoms with van der Waals surface area (Å²) in [6.07, 6.45) is 13.1. The first-order valence-electron chi connectivity index (χ1n) is 12.1. The van der Waals surface area contributed by atoms with Gasteiger partial charge < -0.3 is 14.2 Å². The maximum absolute atomic E-state index is 14.3. The molecule has 0 radical (unpaired) electrons. The predicted octanol–water partition coefficient (Wildman–Crippen LogP) is 7.09. The Morgan fingerprint density at radius 2 is 1.68 bits per heavy atom. The number of rotatable bonds is 11. The average molecular weight is 437 g/mol. The van der Waals surface area contributed by atoms with Gasteiger partial charge in [0.15, 0.2) is 11.5 Å². The van der Waals surface area contributed by atoms with Gasteiger partial charge in [-0.15, -0.1) is 6.58 Å². The van der Waals surface area contributed by atoms with Crippen molar-refractivity contribution >= 4 is 0 Å². The number of ether oxygens (including phenoxy) is 3. The van der Waals surface area contributed by atoms with Crippen LogP contribution in [0.1, 0.15) is 71.1 Å². The summed E-state index contributed by atoms with van der Waals surface area (Å²) in [6, 6.07) is 2.94. The van der Waals surface area contributed by atoms with E-state index < -0.39 is 11.6 Å². The molecule has 0 bridgehead atoms. The van der Waals surface area contributed by atoms with Gasteiger partial charge in [0, 0.05) is 6.61 Å². The third kappa shape index (κ3) is 6.93. The van der Waals surface area contributed by atoms with E-state index in [4.69, 9.17) is 14.2 Å². The lowest BCUT2D eigenvalue weighted by Crippen LogP contribution is -2.34. The first-order chi connectivity index (χ1) is 15.1. The van der Waals surface area contributed by atoms with Crippen molar-refractivity contribution in [2.75, 3.05) is 19.8 Å². The van der Waals surface area contributed by atoms with Gasteiger partial charge in [0.1, 0.15) is 0 Å². The molecule has 31 heavy (non-hydrogen) atoms. The number of hydrogen-bond donors (Lipinski definition) is 0. The number of allylic oxidation sites excluding steroid dienone is 1. The summed E-state index contributed by atoms with van der Waals surface area (Å²) in [5, 5.41) is 0. The van der Waals surface area contributed by atoms with Gasteiger partial charge in [0.2, 0.25) is 11.6 Å². The van der Waals surface area contributed by atoms with Crippen molar-refractivity contribution in [2.24, 2.45) is 17.8 Å². The Hall–Kier alpha value is -1.62. The molecule has 2 unspecified atom stereocenters. The molecule has 3 nitrogen and oxygen atoms in total. The van der Waals surface area contributed by atoms with Gasteiger partial charge in [-0.3, -0.25) is 0 Å². The van der Waals surface area contributed by atoms with E-state index in [-0.39, 0.29) is 11.5 Å². The van der Waals surface area contributed by atoms with E-state index in [1.165, 1.54) is 25.0 Å². The molecule has 0 spiro atoms. The van der Waals surface area contributed by atoms with Crippen molar-refractivity contribution in [3.05, 3.63) is 36.4 Å². The molecule has 0 amide bonds. The molecule has 5 heteroatoms. The largest absolute Gasteiger partial charge is 0.490 e. The minimum Gasteiger partial charge on any atom is -0.490 e. The predicted molar refractivity (Wildman–Crippen MR) is 120 cm³/mol. The monoisotopic (exact) mass is 436 g/mol. The molecule has 0 aromatic heterocycles. The van der Waals surface area contributed by atoms with Crippen molar-refractivity contribution in [1.82, 2.24) is 0 Å². The fourth-order valence-electron chi connectivity index (χ4n) is 4.78. The Bertz CT molecular complexity index is 677. The summed E-state index contributed by atoms with van der Waals surface area (Å²) in [6.45, 7) is 7.52. The van der Waals surface area contributed by atoms with E-state index in [0.29, 0.717) is 37.1 Å². The third-order valence-electron chi connectivity index (χ3n) is 6.84. The molecule has 1 heterocycles. The van der Waals surface area contributed by atoms with Gasteiger partial charge in [0.05, 0.1) is 19.3 Å². The second-order valence-corrected chi connectivity index (χ2v) is 9.16. The van der Waals surface area contributed by atoms with Crippen LogP contribution in [0.2, 0.25) is 0 Å². The first kappa shape index (κ1) is 24.0. The summed E-state index contributed by atoms with van der Waals surface area (Å²) in [5.74, 6) is -0.310. The standard InChI is InChI=1S/C26H38F2O3/c1-3-5-7-19-10-13-22(30-17-19)21-11-8-20(9-12-21)18-31-24-15-14-23(25(27)26(24)28)29-16-6-4-2/h3,14-15,19-22H,1,4-13,16-18H2,2H3. The zero-order valence-electron chi connectivity index (χ0n) is 18.9. The molecule has 2 atom stereocenters. The van der Waals surface area contributed by atoms with Crippen molar-refractivity contribution in [1.29, 1.82) is 0 Å². The second kappa shape index (κ2) is 12.4. The van der Waals surface area contributed by atoms with E-state index in [0.717, 1.165) is 58.0 Å². The number of benzene rings is 1. The lowest BCUT2D eigenvalue weighted by atomic mass is 9.77. The molecule has 2 fully saturated rings. The smallest absolute Gasteiger partial charge is 0.204 e. The Labute approximate surface area is 186 Å². The van der Waals surface area contributed by atoms with Crippen LogP contribution in [0.3, 0.4) is 0 Å². The first-order valence-corrected chi connectivity index (χ1v) is 12.1. The lowest BCUT2D eigenvalue weighted by Gasteiger charge is -2.37. The van der Waals surface area contributed by atoms with Crippen molar-refractivity contribution in [3.8, 4) is 11.5 Å². The molecule has 1 aliphatic carbocycles. The van der Waals surface area contributed by atoms with Crippen LogP contribution in [0.5, 0.6) is 11.5 Å². The van der Waals surface area contributed by atoms with Crippen LogP contribution in [0, 0.1) is 29.4 Å². The highest BCUT2D eigenvalue weighted by atomic mass is 19.2. The quantitative estimate of drug-likeness (QED) is 0.274. The van der Waals surface area contributed by atoms with E-state index in [1.54, 1.807) is 0 Å². The van der Waals surface area contributed by atoms with Gasteiger partial charge in [-0.2, -0.15) is 8.78 Å². The summed E-state index contributed by atoms with van der Waals surface area (Å²) in [7, 11) is 0. The number of unbranched alkanes of at least 4 members (excludes halogenated alkanes) is 1. The Balaban J connectivity index is 1.39.